The molecular weight excluding hydrogens is 371 g/mol. The molecule has 0 aromatic carbocycles. The maximum absolute atomic E-state index is 12.3. The summed E-state index contributed by atoms with van der Waals surface area (Å²) in [5.41, 5.74) is 0.361. The van der Waals surface area contributed by atoms with Gasteiger partial charge in [-0.2, -0.15) is 0 Å². The van der Waals surface area contributed by atoms with Crippen LogP contribution in [0.5, 0.6) is 0 Å². The standard InChI is InChI=1S/C12H9BrCl2N2OS/c1-17(5-8-2-7(13)6-19-8)12(18)9-3-11(15)16-4-10(9)14/h2-4,6H,5H2,1H3. The first-order valence-electron chi connectivity index (χ1n) is 5.27. The second-order valence-electron chi connectivity index (χ2n) is 3.88. The number of thiophene rings is 1. The molecule has 0 aliphatic rings. The smallest absolute Gasteiger partial charge is 0.255 e. The lowest BCUT2D eigenvalue weighted by Gasteiger charge is -2.17. The molecule has 0 saturated heterocycles. The van der Waals surface area contributed by atoms with Gasteiger partial charge in [-0.1, -0.05) is 23.2 Å². The highest BCUT2D eigenvalue weighted by atomic mass is 79.9. The van der Waals surface area contributed by atoms with Gasteiger partial charge in [-0.15, -0.1) is 11.3 Å². The second-order valence-corrected chi connectivity index (χ2v) is 6.59. The van der Waals surface area contributed by atoms with Gasteiger partial charge < -0.3 is 4.90 Å². The van der Waals surface area contributed by atoms with Crippen molar-refractivity contribution in [2.75, 3.05) is 7.05 Å². The van der Waals surface area contributed by atoms with Gasteiger partial charge in [0.1, 0.15) is 5.15 Å². The topological polar surface area (TPSA) is 33.2 Å². The van der Waals surface area contributed by atoms with Gasteiger partial charge in [0.05, 0.1) is 17.1 Å². The molecule has 7 heteroatoms. The van der Waals surface area contributed by atoms with Gasteiger partial charge in [-0.05, 0) is 28.1 Å². The zero-order valence-electron chi connectivity index (χ0n) is 9.86. The van der Waals surface area contributed by atoms with Crippen LogP contribution in [-0.4, -0.2) is 22.8 Å². The van der Waals surface area contributed by atoms with Crippen molar-refractivity contribution in [3.63, 3.8) is 0 Å². The molecule has 0 radical (unpaired) electrons. The van der Waals surface area contributed by atoms with Gasteiger partial charge in [-0.25, -0.2) is 4.98 Å². The molecule has 0 saturated carbocycles. The number of amides is 1. The van der Waals surface area contributed by atoms with E-state index in [1.807, 2.05) is 11.4 Å². The quantitative estimate of drug-likeness (QED) is 0.736. The molecular formula is C12H9BrCl2N2OS. The number of hydrogen-bond acceptors (Lipinski definition) is 3. The minimum atomic E-state index is -0.182. The maximum atomic E-state index is 12.3. The van der Waals surface area contributed by atoms with E-state index < -0.39 is 0 Å². The minimum Gasteiger partial charge on any atom is -0.337 e. The molecule has 0 N–H and O–H groups in total. The van der Waals surface area contributed by atoms with Crippen LogP contribution in [0.4, 0.5) is 0 Å². The highest BCUT2D eigenvalue weighted by molar-refractivity contribution is 9.10. The Bertz CT molecular complexity index is 618. The number of hydrogen-bond donors (Lipinski definition) is 0. The third-order valence-electron chi connectivity index (χ3n) is 2.41. The Kier molecular flexibility index (Phi) is 4.84. The largest absolute Gasteiger partial charge is 0.337 e. The zero-order valence-corrected chi connectivity index (χ0v) is 13.8. The summed E-state index contributed by atoms with van der Waals surface area (Å²) in [5, 5.41) is 2.53. The van der Waals surface area contributed by atoms with Crippen molar-refractivity contribution in [1.29, 1.82) is 0 Å². The fourth-order valence-electron chi connectivity index (χ4n) is 1.52. The third kappa shape index (κ3) is 3.69. The average molecular weight is 380 g/mol. The fourth-order valence-corrected chi connectivity index (χ4v) is 3.37. The molecule has 100 valence electrons. The number of nitrogens with zero attached hydrogens (tertiary/aromatic N) is 2. The van der Waals surface area contributed by atoms with Crippen LogP contribution < -0.4 is 0 Å². The van der Waals surface area contributed by atoms with Crippen LogP contribution in [0.1, 0.15) is 15.2 Å². The molecule has 2 heterocycles. The van der Waals surface area contributed by atoms with Crippen LogP contribution in [0.2, 0.25) is 10.2 Å². The highest BCUT2D eigenvalue weighted by Crippen LogP contribution is 2.23. The average Bonchev–Trinajstić information content (AvgIpc) is 2.77. The lowest BCUT2D eigenvalue weighted by molar-refractivity contribution is 0.0786. The van der Waals surface area contributed by atoms with Crippen molar-refractivity contribution in [2.24, 2.45) is 0 Å². The summed E-state index contributed by atoms with van der Waals surface area (Å²) in [5.74, 6) is -0.182. The van der Waals surface area contributed by atoms with E-state index in [9.17, 15) is 4.79 Å². The molecule has 1 amide bonds. The van der Waals surface area contributed by atoms with Gasteiger partial charge in [0, 0.05) is 28.0 Å². The van der Waals surface area contributed by atoms with Gasteiger partial charge in [0.25, 0.3) is 5.91 Å². The molecule has 3 nitrogen and oxygen atoms in total. The summed E-state index contributed by atoms with van der Waals surface area (Å²) in [6, 6.07) is 3.46. The number of pyridine rings is 1. The van der Waals surface area contributed by atoms with E-state index in [2.05, 4.69) is 20.9 Å². The summed E-state index contributed by atoms with van der Waals surface area (Å²) >= 11 is 16.7. The van der Waals surface area contributed by atoms with Crippen LogP contribution >= 0.6 is 50.5 Å². The molecule has 2 aromatic heterocycles. The minimum absolute atomic E-state index is 0.182. The van der Waals surface area contributed by atoms with Gasteiger partial charge in [0.2, 0.25) is 0 Å². The first-order chi connectivity index (χ1) is 8.97. The molecule has 0 fully saturated rings. The van der Waals surface area contributed by atoms with E-state index in [4.69, 9.17) is 23.2 Å². The fraction of sp³-hybridized carbons (Fsp3) is 0.167. The van der Waals surface area contributed by atoms with Crippen LogP contribution in [0.15, 0.2) is 28.2 Å². The van der Waals surface area contributed by atoms with Crippen molar-refractivity contribution in [3.05, 3.63) is 48.8 Å². The Morgan fingerprint density at radius 2 is 2.21 bits per heavy atom. The first-order valence-corrected chi connectivity index (χ1v) is 7.69. The lowest BCUT2D eigenvalue weighted by Crippen LogP contribution is -2.26. The predicted octanol–water partition coefficient (Wildman–Crippen LogP) is 4.48. The van der Waals surface area contributed by atoms with Crippen molar-refractivity contribution in [2.45, 2.75) is 6.54 Å². The van der Waals surface area contributed by atoms with E-state index in [1.165, 1.54) is 12.3 Å². The Morgan fingerprint density at radius 1 is 1.47 bits per heavy atom. The van der Waals surface area contributed by atoms with Gasteiger partial charge >= 0.3 is 0 Å². The van der Waals surface area contributed by atoms with E-state index in [0.29, 0.717) is 17.1 Å². The SMILES string of the molecule is CN(Cc1cc(Br)cs1)C(=O)c1cc(Cl)ncc1Cl. The summed E-state index contributed by atoms with van der Waals surface area (Å²) < 4.78 is 1.01. The molecule has 2 rings (SSSR count). The van der Waals surface area contributed by atoms with Crippen LogP contribution in [0.25, 0.3) is 0 Å². The maximum Gasteiger partial charge on any atom is 0.255 e. The van der Waals surface area contributed by atoms with Crippen molar-refractivity contribution < 1.29 is 4.79 Å². The van der Waals surface area contributed by atoms with E-state index in [-0.39, 0.29) is 11.1 Å². The normalized spacial score (nSPS) is 10.5. The van der Waals surface area contributed by atoms with Crippen LogP contribution in [-0.2, 0) is 6.54 Å². The highest BCUT2D eigenvalue weighted by Gasteiger charge is 2.17. The molecule has 0 bridgehead atoms. The van der Waals surface area contributed by atoms with Crippen LogP contribution in [0.3, 0.4) is 0 Å². The van der Waals surface area contributed by atoms with Crippen molar-refractivity contribution in [1.82, 2.24) is 9.88 Å². The molecule has 0 aliphatic carbocycles. The van der Waals surface area contributed by atoms with Crippen molar-refractivity contribution in [3.8, 4) is 0 Å². The molecule has 2 aromatic rings. The summed E-state index contributed by atoms with van der Waals surface area (Å²) in [4.78, 5) is 18.8. The summed E-state index contributed by atoms with van der Waals surface area (Å²) in [6.45, 7) is 0.519. The van der Waals surface area contributed by atoms with Gasteiger partial charge in [0.15, 0.2) is 0 Å². The number of carbonyl (C=O) groups excluding carboxylic acids is 1. The molecule has 0 spiro atoms. The van der Waals surface area contributed by atoms with E-state index in [0.717, 1.165) is 9.35 Å². The van der Waals surface area contributed by atoms with E-state index >= 15 is 0 Å². The predicted molar refractivity (Wildman–Crippen MR) is 82.1 cm³/mol. The monoisotopic (exact) mass is 378 g/mol. The Hall–Kier alpha value is -0.620. The Balaban J connectivity index is 2.16. The Morgan fingerprint density at radius 3 is 2.84 bits per heavy atom. The van der Waals surface area contributed by atoms with E-state index in [1.54, 1.807) is 23.3 Å². The third-order valence-corrected chi connectivity index (χ3v) is 4.60. The number of aromatic nitrogens is 1. The Labute approximate surface area is 133 Å². The summed E-state index contributed by atoms with van der Waals surface area (Å²) in [6.07, 6.45) is 1.38. The number of carbonyl (C=O) groups is 1. The van der Waals surface area contributed by atoms with Crippen molar-refractivity contribution >= 4 is 56.4 Å². The second kappa shape index (κ2) is 6.22. The lowest BCUT2D eigenvalue weighted by atomic mass is 10.2. The number of halogens is 3. The molecule has 0 aliphatic heterocycles. The molecule has 0 unspecified atom stereocenters. The number of rotatable bonds is 3. The van der Waals surface area contributed by atoms with Crippen LogP contribution in [0, 0.1) is 0 Å². The first kappa shape index (κ1) is 14.8. The summed E-state index contributed by atoms with van der Waals surface area (Å²) in [7, 11) is 1.72. The zero-order chi connectivity index (χ0) is 14.0. The molecule has 0 atom stereocenters. The molecule has 19 heavy (non-hydrogen) atoms. The van der Waals surface area contributed by atoms with Gasteiger partial charge in [-0.3, -0.25) is 4.79 Å².